The summed E-state index contributed by atoms with van der Waals surface area (Å²) in [5.41, 5.74) is -0.350. The number of amides is 1. The van der Waals surface area contributed by atoms with Crippen LogP contribution in [0.3, 0.4) is 0 Å². The van der Waals surface area contributed by atoms with Gasteiger partial charge < -0.3 is 9.64 Å². The summed E-state index contributed by atoms with van der Waals surface area (Å²) < 4.78 is 5.42. The molecule has 0 aliphatic carbocycles. The topological polar surface area (TPSA) is 41.6 Å². The largest absolute Gasteiger partial charge is 0.379 e. The van der Waals surface area contributed by atoms with Gasteiger partial charge in [-0.2, -0.15) is 0 Å². The van der Waals surface area contributed by atoms with Gasteiger partial charge >= 0.3 is 0 Å². The molecular weight excluding hydrogens is 192 g/mol. The standard InChI is InChI=1S/C11H20N2O2/c1-3-11(2)10(14)13(8-12-11)9-5-4-6-15-7-9/h9,12H,3-8H2,1-2H3. The van der Waals surface area contributed by atoms with Crippen molar-refractivity contribution in [2.75, 3.05) is 19.9 Å². The highest BCUT2D eigenvalue weighted by molar-refractivity contribution is 5.88. The van der Waals surface area contributed by atoms with E-state index >= 15 is 0 Å². The van der Waals surface area contributed by atoms with Gasteiger partial charge in [0.25, 0.3) is 0 Å². The molecule has 2 saturated heterocycles. The Morgan fingerprint density at radius 2 is 2.47 bits per heavy atom. The number of nitrogens with zero attached hydrogens (tertiary/aromatic N) is 1. The summed E-state index contributed by atoms with van der Waals surface area (Å²) in [7, 11) is 0. The number of hydrogen-bond donors (Lipinski definition) is 1. The predicted octanol–water partition coefficient (Wildman–Crippen LogP) is 0.723. The van der Waals surface area contributed by atoms with Crippen LogP contribution in [0.2, 0.25) is 0 Å². The van der Waals surface area contributed by atoms with Crippen molar-refractivity contribution in [2.24, 2.45) is 0 Å². The van der Waals surface area contributed by atoms with Gasteiger partial charge in [0.15, 0.2) is 0 Å². The Morgan fingerprint density at radius 3 is 3.00 bits per heavy atom. The van der Waals surface area contributed by atoms with Crippen molar-refractivity contribution in [1.29, 1.82) is 0 Å². The first-order valence-electron chi connectivity index (χ1n) is 5.81. The van der Waals surface area contributed by atoms with Crippen molar-refractivity contribution in [2.45, 2.75) is 44.7 Å². The molecule has 0 radical (unpaired) electrons. The van der Waals surface area contributed by atoms with Gasteiger partial charge in [-0.25, -0.2) is 0 Å². The molecule has 2 aliphatic heterocycles. The van der Waals surface area contributed by atoms with E-state index in [9.17, 15) is 4.79 Å². The van der Waals surface area contributed by atoms with E-state index in [0.717, 1.165) is 25.9 Å². The molecule has 2 unspecified atom stereocenters. The molecule has 0 aromatic rings. The number of nitrogens with one attached hydrogen (secondary N) is 1. The minimum Gasteiger partial charge on any atom is -0.379 e. The predicted molar refractivity (Wildman–Crippen MR) is 57.4 cm³/mol. The maximum atomic E-state index is 12.2. The Morgan fingerprint density at radius 1 is 1.67 bits per heavy atom. The first-order chi connectivity index (χ1) is 7.17. The van der Waals surface area contributed by atoms with E-state index in [1.54, 1.807) is 0 Å². The van der Waals surface area contributed by atoms with Crippen LogP contribution in [-0.4, -0.2) is 42.3 Å². The van der Waals surface area contributed by atoms with Crippen molar-refractivity contribution in [1.82, 2.24) is 10.2 Å². The van der Waals surface area contributed by atoms with Gasteiger partial charge in [0.1, 0.15) is 0 Å². The van der Waals surface area contributed by atoms with Crippen molar-refractivity contribution < 1.29 is 9.53 Å². The highest BCUT2D eigenvalue weighted by Gasteiger charge is 2.43. The fourth-order valence-electron chi connectivity index (χ4n) is 2.26. The van der Waals surface area contributed by atoms with Gasteiger partial charge in [-0.15, -0.1) is 0 Å². The van der Waals surface area contributed by atoms with Gasteiger partial charge in [0.2, 0.25) is 5.91 Å². The Hall–Kier alpha value is -0.610. The van der Waals surface area contributed by atoms with Crippen LogP contribution >= 0.6 is 0 Å². The van der Waals surface area contributed by atoms with E-state index in [0.29, 0.717) is 13.3 Å². The van der Waals surface area contributed by atoms with Gasteiger partial charge in [-0.3, -0.25) is 10.1 Å². The molecule has 86 valence electrons. The van der Waals surface area contributed by atoms with Gasteiger partial charge in [-0.05, 0) is 26.2 Å². The molecule has 2 rings (SSSR count). The summed E-state index contributed by atoms with van der Waals surface area (Å²) in [6.45, 7) is 6.26. The van der Waals surface area contributed by atoms with Crippen LogP contribution in [0.15, 0.2) is 0 Å². The third-order valence-electron chi connectivity index (χ3n) is 3.66. The molecule has 1 N–H and O–H groups in total. The number of carbonyl (C=O) groups excluding carboxylic acids is 1. The molecule has 0 aromatic carbocycles. The van der Waals surface area contributed by atoms with Crippen LogP contribution in [0.25, 0.3) is 0 Å². The monoisotopic (exact) mass is 212 g/mol. The van der Waals surface area contributed by atoms with Crippen molar-refractivity contribution in [3.63, 3.8) is 0 Å². The summed E-state index contributed by atoms with van der Waals surface area (Å²) >= 11 is 0. The van der Waals surface area contributed by atoms with E-state index in [-0.39, 0.29) is 17.5 Å². The SMILES string of the molecule is CCC1(C)NCN(C2CCCOC2)C1=O. The van der Waals surface area contributed by atoms with Gasteiger partial charge in [0.05, 0.1) is 24.9 Å². The lowest BCUT2D eigenvalue weighted by Gasteiger charge is -2.31. The zero-order valence-corrected chi connectivity index (χ0v) is 9.58. The number of ether oxygens (including phenoxy) is 1. The van der Waals surface area contributed by atoms with E-state index in [4.69, 9.17) is 4.74 Å². The molecule has 2 fully saturated rings. The Labute approximate surface area is 91.0 Å². The quantitative estimate of drug-likeness (QED) is 0.733. The molecule has 0 bridgehead atoms. The van der Waals surface area contributed by atoms with Crippen LogP contribution in [0.1, 0.15) is 33.1 Å². The molecule has 15 heavy (non-hydrogen) atoms. The maximum Gasteiger partial charge on any atom is 0.243 e. The lowest BCUT2D eigenvalue weighted by Crippen LogP contribution is -2.47. The Balaban J connectivity index is 2.02. The molecule has 2 aliphatic rings. The van der Waals surface area contributed by atoms with Crippen molar-refractivity contribution in [3.05, 3.63) is 0 Å². The molecule has 0 aromatic heterocycles. The zero-order chi connectivity index (χ0) is 10.9. The number of rotatable bonds is 2. The number of carbonyl (C=O) groups is 1. The molecule has 4 nitrogen and oxygen atoms in total. The first-order valence-corrected chi connectivity index (χ1v) is 5.81. The third kappa shape index (κ3) is 1.88. The van der Waals surface area contributed by atoms with Crippen molar-refractivity contribution in [3.8, 4) is 0 Å². The lowest BCUT2D eigenvalue weighted by molar-refractivity contribution is -0.136. The fourth-order valence-corrected chi connectivity index (χ4v) is 2.26. The van der Waals surface area contributed by atoms with Crippen LogP contribution in [0.4, 0.5) is 0 Å². The summed E-state index contributed by atoms with van der Waals surface area (Å²) in [6.07, 6.45) is 2.99. The van der Waals surface area contributed by atoms with E-state index in [1.807, 2.05) is 18.7 Å². The maximum absolute atomic E-state index is 12.2. The number of hydrogen-bond acceptors (Lipinski definition) is 3. The average Bonchev–Trinajstić information content (AvgIpc) is 2.58. The minimum absolute atomic E-state index is 0.237. The molecule has 4 heteroatoms. The lowest BCUT2D eigenvalue weighted by atomic mass is 9.98. The highest BCUT2D eigenvalue weighted by Crippen LogP contribution is 2.24. The van der Waals surface area contributed by atoms with Gasteiger partial charge in [0, 0.05) is 6.61 Å². The molecule has 1 amide bonds. The Kier molecular flexibility index (Phi) is 2.98. The third-order valence-corrected chi connectivity index (χ3v) is 3.66. The molecular formula is C11H20N2O2. The summed E-state index contributed by atoms with van der Waals surface area (Å²) in [6, 6.07) is 0.284. The summed E-state index contributed by atoms with van der Waals surface area (Å²) in [4.78, 5) is 14.1. The molecule has 2 atom stereocenters. The van der Waals surface area contributed by atoms with Crippen LogP contribution in [0.5, 0.6) is 0 Å². The minimum atomic E-state index is -0.350. The van der Waals surface area contributed by atoms with E-state index in [1.165, 1.54) is 0 Å². The van der Waals surface area contributed by atoms with Gasteiger partial charge in [-0.1, -0.05) is 6.92 Å². The summed E-state index contributed by atoms with van der Waals surface area (Å²) in [5.74, 6) is 0.237. The Bertz CT molecular complexity index is 251. The average molecular weight is 212 g/mol. The second kappa shape index (κ2) is 4.10. The van der Waals surface area contributed by atoms with Crippen LogP contribution < -0.4 is 5.32 Å². The smallest absolute Gasteiger partial charge is 0.243 e. The van der Waals surface area contributed by atoms with E-state index < -0.39 is 0 Å². The summed E-state index contributed by atoms with van der Waals surface area (Å²) in [5, 5.41) is 3.30. The van der Waals surface area contributed by atoms with Crippen LogP contribution in [-0.2, 0) is 9.53 Å². The fraction of sp³-hybridized carbons (Fsp3) is 0.909. The molecule has 0 spiro atoms. The second-order valence-electron chi connectivity index (χ2n) is 4.67. The zero-order valence-electron chi connectivity index (χ0n) is 9.58. The van der Waals surface area contributed by atoms with Crippen LogP contribution in [0, 0.1) is 0 Å². The molecule has 2 heterocycles. The highest BCUT2D eigenvalue weighted by atomic mass is 16.5. The van der Waals surface area contributed by atoms with E-state index in [2.05, 4.69) is 5.32 Å². The normalized spacial score (nSPS) is 37.3. The second-order valence-corrected chi connectivity index (χ2v) is 4.67. The first kappa shape index (κ1) is 10.9. The van der Waals surface area contributed by atoms with Crippen molar-refractivity contribution >= 4 is 5.91 Å². The molecule has 0 saturated carbocycles.